The number of nitrogens with one attached hydrogen (secondary N) is 1. The SMILES string of the molecule is CCOc1ccccc1CCCNC(=O)c1ccccc1SC(C)C. The summed E-state index contributed by atoms with van der Waals surface area (Å²) in [7, 11) is 0. The van der Waals surface area contributed by atoms with Gasteiger partial charge in [0.15, 0.2) is 0 Å². The maximum absolute atomic E-state index is 12.5. The molecule has 0 aromatic heterocycles. The minimum Gasteiger partial charge on any atom is -0.494 e. The van der Waals surface area contributed by atoms with Crippen molar-refractivity contribution in [1.29, 1.82) is 0 Å². The summed E-state index contributed by atoms with van der Waals surface area (Å²) in [6, 6.07) is 15.9. The van der Waals surface area contributed by atoms with Gasteiger partial charge in [-0.25, -0.2) is 0 Å². The largest absolute Gasteiger partial charge is 0.494 e. The summed E-state index contributed by atoms with van der Waals surface area (Å²) in [6.07, 6.45) is 1.77. The van der Waals surface area contributed by atoms with Crippen LogP contribution in [0.15, 0.2) is 53.4 Å². The van der Waals surface area contributed by atoms with Gasteiger partial charge in [-0.3, -0.25) is 4.79 Å². The lowest BCUT2D eigenvalue weighted by Gasteiger charge is -2.12. The number of para-hydroxylation sites is 1. The Hall–Kier alpha value is -1.94. The zero-order valence-corrected chi connectivity index (χ0v) is 16.1. The summed E-state index contributed by atoms with van der Waals surface area (Å²) in [5, 5.41) is 3.49. The first-order chi connectivity index (χ1) is 12.1. The van der Waals surface area contributed by atoms with E-state index >= 15 is 0 Å². The summed E-state index contributed by atoms with van der Waals surface area (Å²) in [5.74, 6) is 0.942. The number of thioether (sulfide) groups is 1. The highest BCUT2D eigenvalue weighted by molar-refractivity contribution is 8.00. The maximum atomic E-state index is 12.5. The summed E-state index contributed by atoms with van der Waals surface area (Å²) in [5.41, 5.74) is 1.95. The summed E-state index contributed by atoms with van der Waals surface area (Å²) < 4.78 is 5.65. The number of hydrogen-bond donors (Lipinski definition) is 1. The van der Waals surface area contributed by atoms with Crippen molar-refractivity contribution in [2.24, 2.45) is 0 Å². The number of aryl methyl sites for hydroxylation is 1. The van der Waals surface area contributed by atoms with E-state index in [0.29, 0.717) is 18.4 Å². The van der Waals surface area contributed by atoms with Gasteiger partial charge in [-0.05, 0) is 43.5 Å². The number of ether oxygens (including phenoxy) is 1. The molecule has 2 rings (SSSR count). The molecule has 0 atom stereocenters. The van der Waals surface area contributed by atoms with Crippen LogP contribution in [0.2, 0.25) is 0 Å². The van der Waals surface area contributed by atoms with Crippen LogP contribution in [0, 0.1) is 0 Å². The molecule has 0 fully saturated rings. The van der Waals surface area contributed by atoms with Gasteiger partial charge in [0.2, 0.25) is 0 Å². The van der Waals surface area contributed by atoms with Crippen molar-refractivity contribution in [3.63, 3.8) is 0 Å². The molecule has 0 aliphatic rings. The van der Waals surface area contributed by atoms with Gasteiger partial charge in [0.1, 0.15) is 5.75 Å². The van der Waals surface area contributed by atoms with Crippen molar-refractivity contribution in [2.45, 2.75) is 43.8 Å². The Kier molecular flexibility index (Phi) is 7.86. The monoisotopic (exact) mass is 357 g/mol. The lowest BCUT2D eigenvalue weighted by molar-refractivity contribution is 0.0950. The van der Waals surface area contributed by atoms with E-state index in [1.165, 1.54) is 5.56 Å². The first-order valence-electron chi connectivity index (χ1n) is 8.86. The topological polar surface area (TPSA) is 38.3 Å². The van der Waals surface area contributed by atoms with Crippen LogP contribution >= 0.6 is 11.8 Å². The van der Waals surface area contributed by atoms with Crippen LogP contribution in [0.5, 0.6) is 5.75 Å². The second-order valence-corrected chi connectivity index (χ2v) is 7.68. The summed E-state index contributed by atoms with van der Waals surface area (Å²) >= 11 is 1.72. The van der Waals surface area contributed by atoms with Gasteiger partial charge in [0.25, 0.3) is 5.91 Å². The second-order valence-electron chi connectivity index (χ2n) is 6.06. The molecule has 0 saturated heterocycles. The van der Waals surface area contributed by atoms with E-state index in [9.17, 15) is 4.79 Å². The number of hydrogen-bond acceptors (Lipinski definition) is 3. The molecule has 0 bridgehead atoms. The fourth-order valence-electron chi connectivity index (χ4n) is 2.59. The molecule has 0 heterocycles. The van der Waals surface area contributed by atoms with Gasteiger partial charge in [0, 0.05) is 16.7 Å². The molecule has 0 radical (unpaired) electrons. The van der Waals surface area contributed by atoms with Crippen LogP contribution in [-0.2, 0) is 6.42 Å². The lowest BCUT2D eigenvalue weighted by Crippen LogP contribution is -2.25. The average molecular weight is 358 g/mol. The highest BCUT2D eigenvalue weighted by Crippen LogP contribution is 2.26. The predicted molar refractivity (Wildman–Crippen MR) is 106 cm³/mol. The fourth-order valence-corrected chi connectivity index (χ4v) is 3.55. The van der Waals surface area contributed by atoms with E-state index in [1.807, 2.05) is 49.4 Å². The van der Waals surface area contributed by atoms with Crippen LogP contribution in [0.3, 0.4) is 0 Å². The zero-order valence-electron chi connectivity index (χ0n) is 15.2. The Morgan fingerprint density at radius 1 is 1.12 bits per heavy atom. The third-order valence-corrected chi connectivity index (χ3v) is 4.76. The second kappa shape index (κ2) is 10.1. The Bertz CT molecular complexity index is 685. The molecule has 0 unspecified atom stereocenters. The van der Waals surface area contributed by atoms with Gasteiger partial charge in [-0.2, -0.15) is 0 Å². The number of amides is 1. The molecule has 25 heavy (non-hydrogen) atoms. The van der Waals surface area contributed by atoms with Crippen LogP contribution in [0.4, 0.5) is 0 Å². The van der Waals surface area contributed by atoms with Crippen LogP contribution in [-0.4, -0.2) is 24.3 Å². The first-order valence-corrected chi connectivity index (χ1v) is 9.74. The number of benzene rings is 2. The molecule has 0 saturated carbocycles. The van der Waals surface area contributed by atoms with Crippen molar-refractivity contribution in [1.82, 2.24) is 5.32 Å². The van der Waals surface area contributed by atoms with Gasteiger partial charge < -0.3 is 10.1 Å². The molecule has 3 nitrogen and oxygen atoms in total. The fraction of sp³-hybridized carbons (Fsp3) is 0.381. The van der Waals surface area contributed by atoms with Crippen molar-refractivity contribution in [3.8, 4) is 5.75 Å². The molecule has 2 aromatic rings. The van der Waals surface area contributed by atoms with Gasteiger partial charge in [-0.1, -0.05) is 44.2 Å². The van der Waals surface area contributed by atoms with E-state index < -0.39 is 0 Å². The standard InChI is InChI=1S/C21H27NO2S/c1-4-24-19-13-7-5-10-17(19)11-9-15-22-21(23)18-12-6-8-14-20(18)25-16(2)3/h5-8,10,12-14,16H,4,9,11,15H2,1-3H3,(H,22,23). The Morgan fingerprint density at radius 3 is 2.60 bits per heavy atom. The van der Waals surface area contributed by atoms with Crippen LogP contribution in [0.25, 0.3) is 0 Å². The van der Waals surface area contributed by atoms with Crippen LogP contribution in [0.1, 0.15) is 43.1 Å². The molecule has 1 N–H and O–H groups in total. The minimum absolute atomic E-state index is 0.00171. The van der Waals surface area contributed by atoms with Gasteiger partial charge >= 0.3 is 0 Å². The van der Waals surface area contributed by atoms with Gasteiger partial charge in [0.05, 0.1) is 12.2 Å². The highest BCUT2D eigenvalue weighted by atomic mass is 32.2. The van der Waals surface area contributed by atoms with Crippen molar-refractivity contribution in [3.05, 3.63) is 59.7 Å². The zero-order chi connectivity index (χ0) is 18.1. The molecule has 4 heteroatoms. The molecule has 0 aliphatic heterocycles. The maximum Gasteiger partial charge on any atom is 0.252 e. The normalized spacial score (nSPS) is 10.7. The van der Waals surface area contributed by atoms with Crippen molar-refractivity contribution in [2.75, 3.05) is 13.2 Å². The molecule has 1 amide bonds. The molecule has 0 spiro atoms. The van der Waals surface area contributed by atoms with Crippen molar-refractivity contribution >= 4 is 17.7 Å². The first kappa shape index (κ1) is 19.4. The van der Waals surface area contributed by atoms with Crippen molar-refractivity contribution < 1.29 is 9.53 Å². The quantitative estimate of drug-likeness (QED) is 0.510. The minimum atomic E-state index is 0.00171. The predicted octanol–water partition coefficient (Wildman–Crippen LogP) is 4.95. The smallest absolute Gasteiger partial charge is 0.252 e. The van der Waals surface area contributed by atoms with E-state index in [1.54, 1.807) is 11.8 Å². The van der Waals surface area contributed by atoms with Crippen LogP contribution < -0.4 is 10.1 Å². The molecular weight excluding hydrogens is 330 g/mol. The number of carbonyl (C=O) groups is 1. The Labute approximate surface area is 155 Å². The number of carbonyl (C=O) groups excluding carboxylic acids is 1. The molecule has 2 aromatic carbocycles. The number of rotatable bonds is 9. The van der Waals surface area contributed by atoms with E-state index in [4.69, 9.17) is 4.74 Å². The Morgan fingerprint density at radius 2 is 1.84 bits per heavy atom. The summed E-state index contributed by atoms with van der Waals surface area (Å²) in [4.78, 5) is 13.5. The third kappa shape index (κ3) is 6.13. The molecular formula is C21H27NO2S. The molecule has 0 aliphatic carbocycles. The van der Waals surface area contributed by atoms with E-state index in [2.05, 4.69) is 25.2 Å². The lowest BCUT2D eigenvalue weighted by atomic mass is 10.1. The highest BCUT2D eigenvalue weighted by Gasteiger charge is 2.12. The average Bonchev–Trinajstić information content (AvgIpc) is 2.60. The molecule has 134 valence electrons. The van der Waals surface area contributed by atoms with E-state index in [0.717, 1.165) is 29.1 Å². The van der Waals surface area contributed by atoms with Gasteiger partial charge in [-0.15, -0.1) is 11.8 Å². The Balaban J connectivity index is 1.87. The third-order valence-electron chi connectivity index (χ3n) is 3.68. The summed E-state index contributed by atoms with van der Waals surface area (Å²) in [6.45, 7) is 7.58. The van der Waals surface area contributed by atoms with E-state index in [-0.39, 0.29) is 5.91 Å².